The van der Waals surface area contributed by atoms with Gasteiger partial charge >= 0.3 is 0 Å². The molecular formula is C15H21ClN4O4. The lowest BCUT2D eigenvalue weighted by atomic mass is 10.0. The van der Waals surface area contributed by atoms with E-state index in [1.54, 1.807) is 0 Å². The summed E-state index contributed by atoms with van der Waals surface area (Å²) in [6.45, 7) is 3.98. The van der Waals surface area contributed by atoms with Crippen LogP contribution < -0.4 is 16.4 Å². The average Bonchev–Trinajstić information content (AvgIpc) is 2.51. The van der Waals surface area contributed by atoms with Crippen molar-refractivity contribution in [3.8, 4) is 0 Å². The normalized spacial score (nSPS) is 11.9. The molecule has 4 N–H and O–H groups in total. The summed E-state index contributed by atoms with van der Waals surface area (Å²) in [6, 6.07) is 3.73. The molecule has 1 aromatic carbocycles. The van der Waals surface area contributed by atoms with Gasteiger partial charge in [0.15, 0.2) is 0 Å². The standard InChI is InChI=1S/C15H21ClN4O4/c1-9(2)6-10(7-17)19-13(21)8-18-15(22)14-11(16)4-3-5-12(14)20(23)24/h3-5,9-10H,6-8,17H2,1-2H3,(H,18,22)(H,19,21). The number of rotatable bonds is 8. The molecule has 132 valence electrons. The summed E-state index contributed by atoms with van der Waals surface area (Å²) in [5, 5.41) is 16.0. The number of carbonyl (C=O) groups is 2. The molecule has 0 aliphatic heterocycles. The number of carbonyl (C=O) groups excluding carboxylic acids is 2. The van der Waals surface area contributed by atoms with Gasteiger partial charge in [0.2, 0.25) is 5.91 Å². The summed E-state index contributed by atoms with van der Waals surface area (Å²) in [6.07, 6.45) is 0.714. The molecule has 24 heavy (non-hydrogen) atoms. The Morgan fingerprint density at radius 1 is 1.38 bits per heavy atom. The third kappa shape index (κ3) is 5.78. The molecule has 0 aliphatic rings. The van der Waals surface area contributed by atoms with Crippen LogP contribution in [0.2, 0.25) is 5.02 Å². The van der Waals surface area contributed by atoms with Crippen LogP contribution in [0.15, 0.2) is 18.2 Å². The van der Waals surface area contributed by atoms with E-state index in [9.17, 15) is 19.7 Å². The van der Waals surface area contributed by atoms with E-state index in [4.69, 9.17) is 17.3 Å². The quantitative estimate of drug-likeness (QED) is 0.480. The lowest BCUT2D eigenvalue weighted by Gasteiger charge is -2.19. The van der Waals surface area contributed by atoms with Crippen molar-refractivity contribution in [1.82, 2.24) is 10.6 Å². The third-order valence-corrected chi connectivity index (χ3v) is 3.55. The van der Waals surface area contributed by atoms with Crippen LogP contribution in [0, 0.1) is 16.0 Å². The molecule has 0 heterocycles. The van der Waals surface area contributed by atoms with Crippen molar-refractivity contribution in [2.75, 3.05) is 13.1 Å². The predicted molar refractivity (Wildman–Crippen MR) is 90.9 cm³/mol. The van der Waals surface area contributed by atoms with Gasteiger partial charge in [0.1, 0.15) is 5.56 Å². The maximum Gasteiger partial charge on any atom is 0.283 e. The second-order valence-electron chi connectivity index (χ2n) is 5.70. The number of hydrogen-bond acceptors (Lipinski definition) is 5. The first kappa shape index (κ1) is 19.9. The van der Waals surface area contributed by atoms with Gasteiger partial charge in [-0.05, 0) is 18.4 Å². The molecule has 0 fully saturated rings. The second kappa shape index (κ2) is 9.19. The zero-order valence-corrected chi connectivity index (χ0v) is 14.3. The van der Waals surface area contributed by atoms with Gasteiger partial charge in [-0.2, -0.15) is 0 Å². The molecule has 0 saturated heterocycles. The largest absolute Gasteiger partial charge is 0.351 e. The fourth-order valence-corrected chi connectivity index (χ4v) is 2.46. The highest BCUT2D eigenvalue weighted by atomic mass is 35.5. The Balaban J connectivity index is 2.70. The molecule has 0 aromatic heterocycles. The van der Waals surface area contributed by atoms with Crippen molar-refractivity contribution in [2.45, 2.75) is 26.3 Å². The van der Waals surface area contributed by atoms with E-state index in [1.807, 2.05) is 13.8 Å². The fourth-order valence-electron chi connectivity index (χ4n) is 2.20. The van der Waals surface area contributed by atoms with Gasteiger partial charge in [0.25, 0.3) is 11.6 Å². The summed E-state index contributed by atoms with van der Waals surface area (Å²) >= 11 is 5.87. The van der Waals surface area contributed by atoms with Gasteiger partial charge in [-0.25, -0.2) is 0 Å². The van der Waals surface area contributed by atoms with E-state index in [-0.39, 0.29) is 29.7 Å². The molecule has 1 aromatic rings. The van der Waals surface area contributed by atoms with E-state index in [0.717, 1.165) is 0 Å². The van der Waals surface area contributed by atoms with Crippen LogP contribution in [0.4, 0.5) is 5.69 Å². The third-order valence-electron chi connectivity index (χ3n) is 3.23. The van der Waals surface area contributed by atoms with Crippen molar-refractivity contribution in [1.29, 1.82) is 0 Å². The van der Waals surface area contributed by atoms with E-state index < -0.39 is 22.4 Å². The summed E-state index contributed by atoms with van der Waals surface area (Å²) in [5.41, 5.74) is 4.91. The molecule has 0 spiro atoms. The predicted octanol–water partition coefficient (Wildman–Crippen LogP) is 1.47. The van der Waals surface area contributed by atoms with Crippen LogP contribution in [0.3, 0.4) is 0 Å². The number of nitrogens with one attached hydrogen (secondary N) is 2. The van der Waals surface area contributed by atoms with Crippen molar-refractivity contribution < 1.29 is 14.5 Å². The highest BCUT2D eigenvalue weighted by Crippen LogP contribution is 2.25. The second-order valence-corrected chi connectivity index (χ2v) is 6.11. The maximum atomic E-state index is 12.1. The molecular weight excluding hydrogens is 336 g/mol. The van der Waals surface area contributed by atoms with Crippen molar-refractivity contribution in [2.24, 2.45) is 11.7 Å². The van der Waals surface area contributed by atoms with Crippen LogP contribution >= 0.6 is 11.6 Å². The van der Waals surface area contributed by atoms with Crippen molar-refractivity contribution >= 4 is 29.1 Å². The van der Waals surface area contributed by atoms with Gasteiger partial charge in [-0.15, -0.1) is 0 Å². The fraction of sp³-hybridized carbons (Fsp3) is 0.467. The highest BCUT2D eigenvalue weighted by Gasteiger charge is 2.23. The zero-order chi connectivity index (χ0) is 18.3. The van der Waals surface area contributed by atoms with E-state index in [2.05, 4.69) is 10.6 Å². The maximum absolute atomic E-state index is 12.1. The first-order chi connectivity index (χ1) is 11.3. The monoisotopic (exact) mass is 356 g/mol. The van der Waals surface area contributed by atoms with Crippen LogP contribution in [0.5, 0.6) is 0 Å². The summed E-state index contributed by atoms with van der Waals surface area (Å²) in [7, 11) is 0. The molecule has 8 nitrogen and oxygen atoms in total. The number of halogens is 1. The number of nitro benzene ring substituents is 1. The van der Waals surface area contributed by atoms with Gasteiger partial charge in [-0.1, -0.05) is 31.5 Å². The van der Waals surface area contributed by atoms with Crippen molar-refractivity contribution in [3.63, 3.8) is 0 Å². The Morgan fingerprint density at radius 3 is 2.58 bits per heavy atom. The lowest BCUT2D eigenvalue weighted by molar-refractivity contribution is -0.385. The van der Waals surface area contributed by atoms with Gasteiger partial charge in [0, 0.05) is 18.7 Å². The minimum absolute atomic E-state index is 0.0539. The Hall–Kier alpha value is -2.19. The molecule has 1 atom stereocenters. The average molecular weight is 357 g/mol. The molecule has 0 bridgehead atoms. The number of amides is 2. The van der Waals surface area contributed by atoms with Gasteiger partial charge < -0.3 is 16.4 Å². The summed E-state index contributed by atoms with van der Waals surface area (Å²) in [4.78, 5) is 34.3. The topological polar surface area (TPSA) is 127 Å². The molecule has 0 saturated carbocycles. The zero-order valence-electron chi connectivity index (χ0n) is 13.5. The molecule has 1 unspecified atom stereocenters. The van der Waals surface area contributed by atoms with Gasteiger partial charge in [0.05, 0.1) is 16.5 Å². The van der Waals surface area contributed by atoms with Crippen LogP contribution in [0.1, 0.15) is 30.6 Å². The van der Waals surface area contributed by atoms with Crippen molar-refractivity contribution in [3.05, 3.63) is 38.9 Å². The number of hydrogen-bond donors (Lipinski definition) is 3. The smallest absolute Gasteiger partial charge is 0.283 e. The Labute approximate surface area is 144 Å². The lowest BCUT2D eigenvalue weighted by Crippen LogP contribution is -2.45. The first-order valence-electron chi connectivity index (χ1n) is 7.46. The first-order valence-corrected chi connectivity index (χ1v) is 7.84. The van der Waals surface area contributed by atoms with E-state index >= 15 is 0 Å². The molecule has 2 amide bonds. The van der Waals surface area contributed by atoms with Crippen LogP contribution in [0.25, 0.3) is 0 Å². The molecule has 1 rings (SSSR count). The van der Waals surface area contributed by atoms with Crippen LogP contribution in [-0.2, 0) is 4.79 Å². The summed E-state index contributed by atoms with van der Waals surface area (Å²) in [5.74, 6) is -0.844. The Morgan fingerprint density at radius 2 is 2.04 bits per heavy atom. The number of nitrogens with two attached hydrogens (primary N) is 1. The minimum Gasteiger partial charge on any atom is -0.351 e. The van der Waals surface area contributed by atoms with Gasteiger partial charge in [-0.3, -0.25) is 19.7 Å². The molecule has 9 heteroatoms. The number of nitrogens with zero attached hydrogens (tertiary/aromatic N) is 1. The number of benzene rings is 1. The Bertz CT molecular complexity index is 621. The minimum atomic E-state index is -0.782. The van der Waals surface area contributed by atoms with E-state index in [1.165, 1.54) is 18.2 Å². The highest BCUT2D eigenvalue weighted by molar-refractivity contribution is 6.34. The van der Waals surface area contributed by atoms with E-state index in [0.29, 0.717) is 12.3 Å². The summed E-state index contributed by atoms with van der Waals surface area (Å²) < 4.78 is 0. The molecule has 0 radical (unpaired) electrons. The van der Waals surface area contributed by atoms with Crippen LogP contribution in [-0.4, -0.2) is 35.9 Å². The Kier molecular flexibility index (Phi) is 7.60. The number of nitro groups is 1. The SMILES string of the molecule is CC(C)CC(CN)NC(=O)CNC(=O)c1c(Cl)cccc1[N+](=O)[O-]. The molecule has 0 aliphatic carbocycles.